The highest BCUT2D eigenvalue weighted by atomic mass is 15.4. The van der Waals surface area contributed by atoms with Gasteiger partial charge in [0.05, 0.1) is 0 Å². The first-order valence-electron chi connectivity index (χ1n) is 1.76. The summed E-state index contributed by atoms with van der Waals surface area (Å²) in [6, 6.07) is 0. The lowest BCUT2D eigenvalue weighted by Gasteiger charge is -1.98. The minimum atomic E-state index is 1.50. The van der Waals surface area contributed by atoms with E-state index in [1.807, 2.05) is 14.1 Å². The minimum absolute atomic E-state index is 1.50. The fourth-order valence-electron chi connectivity index (χ4n) is 0.163. The van der Waals surface area contributed by atoms with E-state index in [0.29, 0.717) is 0 Å². The summed E-state index contributed by atoms with van der Waals surface area (Å²) in [5, 5.41) is 5.41. The summed E-state index contributed by atoms with van der Waals surface area (Å²) in [5.74, 6) is 0. The number of nitrogens with zero attached hydrogens (tertiary/aromatic N) is 2. The maximum Gasteiger partial charge on any atom is 0.0248 e. The van der Waals surface area contributed by atoms with Crippen LogP contribution in [-0.4, -0.2) is 25.3 Å². The maximum atomic E-state index is 3.72. The Bertz CT molecular complexity index is 47.5. The maximum absolute atomic E-state index is 3.72. The molecule has 0 amide bonds. The van der Waals surface area contributed by atoms with E-state index in [4.69, 9.17) is 0 Å². The molecule has 2 nitrogen and oxygen atoms in total. The Hall–Kier alpha value is -0.530. The topological polar surface area (TPSA) is 15.6 Å². The smallest absolute Gasteiger partial charge is 0.0248 e. The molecule has 0 aliphatic carbocycles. The van der Waals surface area contributed by atoms with E-state index >= 15 is 0 Å². The Balaban J connectivity index is 3.03. The SMILES string of the molecule is [CH2]C=NN(C)C. The van der Waals surface area contributed by atoms with Gasteiger partial charge in [-0.25, -0.2) is 0 Å². The van der Waals surface area contributed by atoms with Crippen LogP contribution in [0, 0.1) is 6.92 Å². The third-order valence-electron chi connectivity index (χ3n) is 0.313. The Labute approximate surface area is 38.5 Å². The normalized spacial score (nSPS) is 9.83. The fourth-order valence-corrected chi connectivity index (χ4v) is 0.163. The number of hydrogen-bond acceptors (Lipinski definition) is 2. The summed E-state index contributed by atoms with van der Waals surface area (Å²) in [6.45, 7) is 3.39. The second-order valence-electron chi connectivity index (χ2n) is 1.15. The first kappa shape index (κ1) is 5.47. The van der Waals surface area contributed by atoms with Gasteiger partial charge in [0, 0.05) is 20.3 Å². The monoisotopic (exact) mass is 85.1 g/mol. The van der Waals surface area contributed by atoms with E-state index < -0.39 is 0 Å². The lowest BCUT2D eigenvalue weighted by atomic mass is 10.9. The lowest BCUT2D eigenvalue weighted by Crippen LogP contribution is -2.00. The summed E-state index contributed by atoms with van der Waals surface area (Å²) in [4.78, 5) is 0. The van der Waals surface area contributed by atoms with Crippen LogP contribution in [0.5, 0.6) is 0 Å². The number of hydrogen-bond donors (Lipinski definition) is 0. The molecule has 0 rings (SSSR count). The molecule has 0 saturated carbocycles. The molecule has 0 unspecified atom stereocenters. The van der Waals surface area contributed by atoms with E-state index in [-0.39, 0.29) is 0 Å². The van der Waals surface area contributed by atoms with Crippen molar-refractivity contribution in [2.75, 3.05) is 14.1 Å². The Kier molecular flexibility index (Phi) is 2.46. The zero-order valence-electron chi connectivity index (χ0n) is 4.18. The Morgan fingerprint density at radius 1 is 1.67 bits per heavy atom. The highest BCUT2D eigenvalue weighted by Gasteiger charge is 1.66. The van der Waals surface area contributed by atoms with Gasteiger partial charge in [-0.1, -0.05) is 0 Å². The predicted octanol–water partition coefficient (Wildman–Crippen LogP) is 0.368. The highest BCUT2D eigenvalue weighted by molar-refractivity contribution is 5.61. The quantitative estimate of drug-likeness (QED) is 0.332. The first-order valence-corrected chi connectivity index (χ1v) is 1.76. The van der Waals surface area contributed by atoms with Crippen molar-refractivity contribution in [1.29, 1.82) is 0 Å². The summed E-state index contributed by atoms with van der Waals surface area (Å²) >= 11 is 0. The fraction of sp³-hybridized carbons (Fsp3) is 0.500. The van der Waals surface area contributed by atoms with Crippen molar-refractivity contribution in [3.05, 3.63) is 6.92 Å². The molecule has 0 spiro atoms. The Morgan fingerprint density at radius 3 is 2.17 bits per heavy atom. The molecule has 35 valence electrons. The third-order valence-corrected chi connectivity index (χ3v) is 0.313. The van der Waals surface area contributed by atoms with E-state index in [1.165, 1.54) is 6.21 Å². The largest absolute Gasteiger partial charge is 0.303 e. The van der Waals surface area contributed by atoms with Gasteiger partial charge < -0.3 is 5.01 Å². The van der Waals surface area contributed by atoms with Crippen LogP contribution < -0.4 is 0 Å². The second-order valence-corrected chi connectivity index (χ2v) is 1.15. The zero-order valence-corrected chi connectivity index (χ0v) is 4.18. The first-order chi connectivity index (χ1) is 2.77. The molecule has 0 bridgehead atoms. The standard InChI is InChI=1S/C4H9N2/c1-4-5-6(2)3/h4H,1H2,2-3H3. The van der Waals surface area contributed by atoms with Gasteiger partial charge in [0.1, 0.15) is 0 Å². The van der Waals surface area contributed by atoms with Crippen molar-refractivity contribution in [3.8, 4) is 0 Å². The van der Waals surface area contributed by atoms with Crippen LogP contribution in [0.4, 0.5) is 0 Å². The summed E-state index contributed by atoms with van der Waals surface area (Å²) in [7, 11) is 3.70. The molecular weight excluding hydrogens is 76.1 g/mol. The molecule has 0 aromatic heterocycles. The predicted molar refractivity (Wildman–Crippen MR) is 27.5 cm³/mol. The van der Waals surface area contributed by atoms with Gasteiger partial charge in [0.2, 0.25) is 0 Å². The van der Waals surface area contributed by atoms with Gasteiger partial charge in [-0.15, -0.1) is 0 Å². The minimum Gasteiger partial charge on any atom is -0.303 e. The van der Waals surface area contributed by atoms with Crippen molar-refractivity contribution >= 4 is 6.21 Å². The van der Waals surface area contributed by atoms with Gasteiger partial charge in [-0.3, -0.25) is 0 Å². The average Bonchev–Trinajstić information content (AvgIpc) is 1.35. The van der Waals surface area contributed by atoms with Crippen LogP contribution in [0.2, 0.25) is 0 Å². The van der Waals surface area contributed by atoms with Crippen molar-refractivity contribution in [2.45, 2.75) is 0 Å². The van der Waals surface area contributed by atoms with Gasteiger partial charge in [-0.05, 0) is 6.92 Å². The van der Waals surface area contributed by atoms with Crippen LogP contribution in [-0.2, 0) is 0 Å². The van der Waals surface area contributed by atoms with Crippen LogP contribution >= 0.6 is 0 Å². The van der Waals surface area contributed by atoms with E-state index in [9.17, 15) is 0 Å². The second kappa shape index (κ2) is 2.69. The van der Waals surface area contributed by atoms with E-state index in [0.717, 1.165) is 0 Å². The van der Waals surface area contributed by atoms with Gasteiger partial charge >= 0.3 is 0 Å². The van der Waals surface area contributed by atoms with Gasteiger partial charge in [-0.2, -0.15) is 5.10 Å². The van der Waals surface area contributed by atoms with Crippen molar-refractivity contribution in [1.82, 2.24) is 5.01 Å². The summed E-state index contributed by atoms with van der Waals surface area (Å²) < 4.78 is 0. The summed E-state index contributed by atoms with van der Waals surface area (Å²) in [5.41, 5.74) is 0. The molecule has 0 heterocycles. The average molecular weight is 85.1 g/mol. The van der Waals surface area contributed by atoms with Crippen molar-refractivity contribution < 1.29 is 0 Å². The number of rotatable bonds is 1. The highest BCUT2D eigenvalue weighted by Crippen LogP contribution is 1.67. The molecule has 0 atom stereocenters. The van der Waals surface area contributed by atoms with Crippen molar-refractivity contribution in [3.63, 3.8) is 0 Å². The molecule has 0 saturated heterocycles. The van der Waals surface area contributed by atoms with Crippen LogP contribution in [0.3, 0.4) is 0 Å². The van der Waals surface area contributed by atoms with Crippen molar-refractivity contribution in [2.24, 2.45) is 5.10 Å². The molecule has 0 aliphatic heterocycles. The van der Waals surface area contributed by atoms with E-state index in [1.54, 1.807) is 5.01 Å². The molecule has 0 N–H and O–H groups in total. The molecule has 0 aliphatic rings. The van der Waals surface area contributed by atoms with Crippen LogP contribution in [0.25, 0.3) is 0 Å². The van der Waals surface area contributed by atoms with E-state index in [2.05, 4.69) is 12.0 Å². The molecule has 0 fully saturated rings. The lowest BCUT2D eigenvalue weighted by molar-refractivity contribution is 0.440. The molecule has 2 heteroatoms. The van der Waals surface area contributed by atoms with Gasteiger partial charge in [0.25, 0.3) is 0 Å². The van der Waals surface area contributed by atoms with Crippen LogP contribution in [0.15, 0.2) is 5.10 Å². The molecule has 1 radical (unpaired) electrons. The summed E-state index contributed by atoms with van der Waals surface area (Å²) in [6.07, 6.45) is 1.50. The zero-order chi connectivity index (χ0) is 4.99. The third kappa shape index (κ3) is 3.47. The van der Waals surface area contributed by atoms with Gasteiger partial charge in [0.15, 0.2) is 0 Å². The molecular formula is C4H9N2. The molecule has 6 heavy (non-hydrogen) atoms. The molecule has 0 aromatic carbocycles. The molecule has 0 aromatic rings. The Morgan fingerprint density at radius 2 is 2.17 bits per heavy atom. The number of hydrazone groups is 1. The van der Waals surface area contributed by atoms with Crippen LogP contribution in [0.1, 0.15) is 0 Å².